The average molecular weight is 283 g/mol. The fourth-order valence-corrected chi connectivity index (χ4v) is 2.89. The lowest BCUT2D eigenvalue weighted by molar-refractivity contribution is -0.124. The largest absolute Gasteiger partial charge is 0.378 e. The van der Waals surface area contributed by atoms with Gasteiger partial charge in [0.25, 0.3) is 0 Å². The molecule has 5 nitrogen and oxygen atoms in total. The minimum absolute atomic E-state index is 0.0286. The van der Waals surface area contributed by atoms with Crippen molar-refractivity contribution in [3.8, 4) is 0 Å². The second-order valence-corrected chi connectivity index (χ2v) is 6.61. The van der Waals surface area contributed by atoms with Gasteiger partial charge in [0, 0.05) is 30.1 Å². The Kier molecular flexibility index (Phi) is 4.54. The number of carbonyl (C=O) groups is 1. The zero-order valence-corrected chi connectivity index (χ0v) is 12.5. The quantitative estimate of drug-likeness (QED) is 0.871. The van der Waals surface area contributed by atoms with E-state index in [2.05, 4.69) is 15.6 Å². The first-order valence-electron chi connectivity index (χ1n) is 6.52. The second kappa shape index (κ2) is 5.98. The number of carbonyl (C=O) groups excluding carboxylic acids is 1. The van der Waals surface area contributed by atoms with Crippen LogP contribution < -0.4 is 10.6 Å². The van der Waals surface area contributed by atoms with Crippen LogP contribution in [0.25, 0.3) is 0 Å². The van der Waals surface area contributed by atoms with E-state index in [-0.39, 0.29) is 11.9 Å². The third kappa shape index (κ3) is 3.99. The van der Waals surface area contributed by atoms with E-state index in [0.717, 1.165) is 23.0 Å². The molecular weight excluding hydrogens is 262 g/mol. The van der Waals surface area contributed by atoms with Crippen LogP contribution in [0.3, 0.4) is 0 Å². The van der Waals surface area contributed by atoms with E-state index in [0.29, 0.717) is 13.0 Å². The van der Waals surface area contributed by atoms with Crippen LogP contribution in [-0.4, -0.2) is 36.7 Å². The van der Waals surface area contributed by atoms with E-state index < -0.39 is 5.54 Å². The Morgan fingerprint density at radius 3 is 3.05 bits per heavy atom. The van der Waals surface area contributed by atoms with Gasteiger partial charge in [-0.2, -0.15) is 0 Å². The Morgan fingerprint density at radius 2 is 2.47 bits per heavy atom. The SMILES string of the molecule is Cc1cnc(C(C)(C)NC(=O)CC2COCCN2)s1. The zero-order valence-electron chi connectivity index (χ0n) is 11.7. The number of hydrogen-bond donors (Lipinski definition) is 2. The first-order valence-corrected chi connectivity index (χ1v) is 7.34. The Bertz CT molecular complexity index is 439. The number of aryl methyl sites for hydroxylation is 1. The smallest absolute Gasteiger partial charge is 0.222 e. The molecule has 1 aliphatic heterocycles. The number of rotatable bonds is 4. The van der Waals surface area contributed by atoms with Gasteiger partial charge >= 0.3 is 0 Å². The van der Waals surface area contributed by atoms with E-state index in [1.165, 1.54) is 0 Å². The van der Waals surface area contributed by atoms with Gasteiger partial charge in [-0.3, -0.25) is 4.79 Å². The number of morpholine rings is 1. The molecule has 0 spiro atoms. The van der Waals surface area contributed by atoms with Gasteiger partial charge in [0.15, 0.2) is 0 Å². The summed E-state index contributed by atoms with van der Waals surface area (Å²) in [6.07, 6.45) is 2.28. The Morgan fingerprint density at radius 1 is 1.68 bits per heavy atom. The van der Waals surface area contributed by atoms with E-state index >= 15 is 0 Å². The molecule has 2 N–H and O–H groups in total. The summed E-state index contributed by atoms with van der Waals surface area (Å²) in [6, 6.07) is 0.114. The van der Waals surface area contributed by atoms with Gasteiger partial charge in [0.1, 0.15) is 5.01 Å². The normalized spacial score (nSPS) is 20.3. The molecule has 1 atom stereocenters. The summed E-state index contributed by atoms with van der Waals surface area (Å²) in [5, 5.41) is 7.26. The number of ether oxygens (including phenoxy) is 1. The van der Waals surface area contributed by atoms with Crippen molar-refractivity contribution >= 4 is 17.2 Å². The lowest BCUT2D eigenvalue weighted by atomic mass is 10.1. The molecule has 0 radical (unpaired) electrons. The van der Waals surface area contributed by atoms with Gasteiger partial charge in [-0.15, -0.1) is 11.3 Å². The standard InChI is InChI=1S/C13H21N3O2S/c1-9-7-15-12(19-9)13(2,3)16-11(17)6-10-8-18-5-4-14-10/h7,10,14H,4-6,8H2,1-3H3,(H,16,17). The summed E-state index contributed by atoms with van der Waals surface area (Å²) in [5.74, 6) is 0.0286. The van der Waals surface area contributed by atoms with Gasteiger partial charge in [-0.05, 0) is 20.8 Å². The molecule has 0 aromatic carbocycles. The van der Waals surface area contributed by atoms with Crippen molar-refractivity contribution in [1.82, 2.24) is 15.6 Å². The van der Waals surface area contributed by atoms with Crippen molar-refractivity contribution in [2.75, 3.05) is 19.8 Å². The van der Waals surface area contributed by atoms with Crippen LogP contribution in [-0.2, 0) is 15.1 Å². The molecule has 106 valence electrons. The number of amides is 1. The molecule has 0 bridgehead atoms. The number of aromatic nitrogens is 1. The second-order valence-electron chi connectivity index (χ2n) is 5.38. The van der Waals surface area contributed by atoms with E-state index in [4.69, 9.17) is 4.74 Å². The molecule has 1 fully saturated rings. The summed E-state index contributed by atoms with van der Waals surface area (Å²) in [6.45, 7) is 8.11. The maximum absolute atomic E-state index is 12.1. The van der Waals surface area contributed by atoms with Crippen LogP contribution in [0.2, 0.25) is 0 Å². The summed E-state index contributed by atoms with van der Waals surface area (Å²) >= 11 is 1.62. The first-order chi connectivity index (χ1) is 8.97. The van der Waals surface area contributed by atoms with Crippen molar-refractivity contribution in [2.45, 2.75) is 38.8 Å². The lowest BCUT2D eigenvalue weighted by Crippen LogP contribution is -2.47. The summed E-state index contributed by atoms with van der Waals surface area (Å²) in [7, 11) is 0. The predicted molar refractivity (Wildman–Crippen MR) is 75.2 cm³/mol. The molecule has 2 rings (SSSR count). The molecule has 1 unspecified atom stereocenters. The summed E-state index contributed by atoms with van der Waals surface area (Å²) < 4.78 is 5.35. The highest BCUT2D eigenvalue weighted by atomic mass is 32.1. The molecule has 6 heteroatoms. The lowest BCUT2D eigenvalue weighted by Gasteiger charge is -2.27. The molecule has 1 aromatic heterocycles. The van der Waals surface area contributed by atoms with Crippen molar-refractivity contribution < 1.29 is 9.53 Å². The fraction of sp³-hybridized carbons (Fsp3) is 0.692. The molecule has 1 aliphatic rings. The van der Waals surface area contributed by atoms with Crippen molar-refractivity contribution in [2.24, 2.45) is 0 Å². The molecule has 2 heterocycles. The Labute approximate surface area is 117 Å². The maximum Gasteiger partial charge on any atom is 0.222 e. The van der Waals surface area contributed by atoms with Crippen molar-refractivity contribution in [3.05, 3.63) is 16.1 Å². The van der Waals surface area contributed by atoms with Crippen LogP contribution in [0, 0.1) is 6.92 Å². The van der Waals surface area contributed by atoms with Crippen molar-refractivity contribution in [1.29, 1.82) is 0 Å². The van der Waals surface area contributed by atoms with E-state index in [1.54, 1.807) is 11.3 Å². The van der Waals surface area contributed by atoms with Gasteiger partial charge < -0.3 is 15.4 Å². The molecular formula is C13H21N3O2S. The number of thiazole rings is 1. The predicted octanol–water partition coefficient (Wildman–Crippen LogP) is 1.18. The highest BCUT2D eigenvalue weighted by molar-refractivity contribution is 7.11. The van der Waals surface area contributed by atoms with E-state index in [1.807, 2.05) is 27.0 Å². The Balaban J connectivity index is 1.90. The highest BCUT2D eigenvalue weighted by Crippen LogP contribution is 2.24. The Hall–Kier alpha value is -0.980. The summed E-state index contributed by atoms with van der Waals surface area (Å²) in [4.78, 5) is 17.6. The van der Waals surface area contributed by atoms with Crippen LogP contribution in [0.1, 0.15) is 30.2 Å². The average Bonchev–Trinajstić information content (AvgIpc) is 2.77. The third-order valence-electron chi connectivity index (χ3n) is 3.04. The third-order valence-corrected chi connectivity index (χ3v) is 4.27. The molecule has 0 aliphatic carbocycles. The highest BCUT2D eigenvalue weighted by Gasteiger charge is 2.27. The minimum atomic E-state index is -0.425. The topological polar surface area (TPSA) is 63.2 Å². The van der Waals surface area contributed by atoms with Gasteiger partial charge in [0.2, 0.25) is 5.91 Å². The van der Waals surface area contributed by atoms with Gasteiger partial charge in [0.05, 0.1) is 18.8 Å². The van der Waals surface area contributed by atoms with Crippen LogP contribution in [0.15, 0.2) is 6.20 Å². The molecule has 1 amide bonds. The first kappa shape index (κ1) is 14.4. The van der Waals surface area contributed by atoms with E-state index in [9.17, 15) is 4.79 Å². The molecule has 1 saturated heterocycles. The summed E-state index contributed by atoms with van der Waals surface area (Å²) in [5.41, 5.74) is -0.425. The fourth-order valence-electron chi connectivity index (χ4n) is 2.07. The number of hydrogen-bond acceptors (Lipinski definition) is 5. The zero-order chi connectivity index (χ0) is 13.9. The number of nitrogens with one attached hydrogen (secondary N) is 2. The maximum atomic E-state index is 12.1. The minimum Gasteiger partial charge on any atom is -0.378 e. The number of nitrogens with zero attached hydrogens (tertiary/aromatic N) is 1. The molecule has 0 saturated carbocycles. The van der Waals surface area contributed by atoms with Crippen LogP contribution >= 0.6 is 11.3 Å². The molecule has 1 aromatic rings. The van der Waals surface area contributed by atoms with Gasteiger partial charge in [-0.1, -0.05) is 0 Å². The van der Waals surface area contributed by atoms with Crippen LogP contribution in [0.4, 0.5) is 0 Å². The van der Waals surface area contributed by atoms with Crippen LogP contribution in [0.5, 0.6) is 0 Å². The molecule has 19 heavy (non-hydrogen) atoms. The van der Waals surface area contributed by atoms with Gasteiger partial charge in [-0.25, -0.2) is 4.98 Å². The van der Waals surface area contributed by atoms with Crippen molar-refractivity contribution in [3.63, 3.8) is 0 Å². The monoisotopic (exact) mass is 283 g/mol.